The third-order valence-corrected chi connectivity index (χ3v) is 6.43. The van der Waals surface area contributed by atoms with Gasteiger partial charge in [0, 0.05) is 5.02 Å². The van der Waals surface area contributed by atoms with Crippen LogP contribution in [0, 0.1) is 0 Å². The lowest BCUT2D eigenvalue weighted by molar-refractivity contribution is -0.117. The van der Waals surface area contributed by atoms with Crippen LogP contribution in [-0.2, 0) is 14.8 Å². The zero-order valence-corrected chi connectivity index (χ0v) is 17.0. The second-order valence-corrected chi connectivity index (χ2v) is 9.36. The Morgan fingerprint density at radius 1 is 1.44 bits per heavy atom. The Morgan fingerprint density at radius 2 is 2.16 bits per heavy atom. The highest BCUT2D eigenvalue weighted by Crippen LogP contribution is 2.27. The molecule has 1 amide bonds. The van der Waals surface area contributed by atoms with Crippen molar-refractivity contribution in [2.75, 3.05) is 22.1 Å². The summed E-state index contributed by atoms with van der Waals surface area (Å²) in [6.07, 6.45) is 3.19. The number of sulfonamides is 1. The van der Waals surface area contributed by atoms with E-state index in [1.165, 1.54) is 29.2 Å². The minimum Gasteiger partial charge on any atom is -0.299 e. The van der Waals surface area contributed by atoms with E-state index < -0.39 is 22.0 Å². The van der Waals surface area contributed by atoms with Gasteiger partial charge in [-0.1, -0.05) is 47.7 Å². The predicted molar refractivity (Wildman–Crippen MR) is 103 cm³/mol. The van der Waals surface area contributed by atoms with Crippen LogP contribution in [0.1, 0.15) is 13.3 Å². The van der Waals surface area contributed by atoms with Crippen molar-refractivity contribution < 1.29 is 13.2 Å². The number of nitrogens with one attached hydrogen (secondary N) is 1. The van der Waals surface area contributed by atoms with Gasteiger partial charge in [-0.3, -0.25) is 14.4 Å². The minimum atomic E-state index is -3.71. The molecular weight excluding hydrogens is 404 g/mol. The van der Waals surface area contributed by atoms with Crippen LogP contribution in [0.25, 0.3) is 0 Å². The summed E-state index contributed by atoms with van der Waals surface area (Å²) in [7, 11) is -3.71. The van der Waals surface area contributed by atoms with Crippen molar-refractivity contribution in [3.63, 3.8) is 0 Å². The van der Waals surface area contributed by atoms with Crippen LogP contribution < -0.4 is 9.62 Å². The number of rotatable bonds is 7. The van der Waals surface area contributed by atoms with Gasteiger partial charge in [-0.25, -0.2) is 8.42 Å². The van der Waals surface area contributed by atoms with E-state index in [1.807, 2.05) is 6.26 Å². The number of halogens is 1. The van der Waals surface area contributed by atoms with Crippen molar-refractivity contribution in [1.29, 1.82) is 0 Å². The maximum atomic E-state index is 12.7. The van der Waals surface area contributed by atoms with Gasteiger partial charge >= 0.3 is 0 Å². The molecule has 136 valence electrons. The van der Waals surface area contributed by atoms with E-state index in [0.29, 0.717) is 20.2 Å². The fourth-order valence-electron chi connectivity index (χ4n) is 2.20. The molecule has 1 aromatic carbocycles. The Hall–Kier alpha value is -1.36. The number of aromatic nitrogens is 2. The van der Waals surface area contributed by atoms with Crippen molar-refractivity contribution in [1.82, 2.24) is 10.2 Å². The van der Waals surface area contributed by atoms with Crippen LogP contribution in [0.2, 0.25) is 5.02 Å². The van der Waals surface area contributed by atoms with E-state index >= 15 is 0 Å². The second-order valence-electron chi connectivity index (χ2n) is 5.03. The van der Waals surface area contributed by atoms with Crippen molar-refractivity contribution >= 4 is 61.4 Å². The molecule has 1 N–H and O–H groups in total. The molecule has 0 bridgehead atoms. The first-order valence-corrected chi connectivity index (χ1v) is 11.5. The molecule has 11 heteroatoms. The minimum absolute atomic E-state index is 0.277. The molecule has 2 aromatic rings. The number of thioether (sulfide) groups is 1. The Balaban J connectivity index is 2.34. The monoisotopic (exact) mass is 420 g/mol. The van der Waals surface area contributed by atoms with Crippen LogP contribution in [-0.4, -0.2) is 43.1 Å². The SMILES string of the molecule is CCC(C(=O)Nc1nnc(SC)s1)N(c1cccc(Cl)c1)S(C)(=O)=O. The third kappa shape index (κ3) is 5.06. The van der Waals surface area contributed by atoms with Gasteiger partial charge < -0.3 is 0 Å². The molecule has 0 aliphatic heterocycles. The van der Waals surface area contributed by atoms with Crippen LogP contribution >= 0.6 is 34.7 Å². The standard InChI is InChI=1S/C14H17ClN4O3S3/c1-4-11(12(20)16-13-17-18-14(23-2)24-13)19(25(3,21)22)10-7-5-6-9(15)8-10/h5-8,11H,4H2,1-3H3,(H,16,17,20). The van der Waals surface area contributed by atoms with Crippen molar-refractivity contribution in [2.24, 2.45) is 0 Å². The summed E-state index contributed by atoms with van der Waals surface area (Å²) >= 11 is 8.61. The molecule has 25 heavy (non-hydrogen) atoms. The Morgan fingerprint density at radius 3 is 2.68 bits per heavy atom. The summed E-state index contributed by atoms with van der Waals surface area (Å²) in [5.41, 5.74) is 0.332. The van der Waals surface area contributed by atoms with Gasteiger partial charge in [0.15, 0.2) is 4.34 Å². The average Bonchev–Trinajstić information content (AvgIpc) is 2.98. The molecule has 0 spiro atoms. The van der Waals surface area contributed by atoms with Crippen molar-refractivity contribution in [2.45, 2.75) is 23.7 Å². The molecule has 2 rings (SSSR count). The van der Waals surface area contributed by atoms with E-state index in [2.05, 4.69) is 15.5 Å². The van der Waals surface area contributed by atoms with E-state index in [0.717, 1.165) is 10.6 Å². The van der Waals surface area contributed by atoms with Crippen LogP contribution in [0.15, 0.2) is 28.6 Å². The van der Waals surface area contributed by atoms with E-state index in [4.69, 9.17) is 11.6 Å². The molecule has 0 radical (unpaired) electrons. The van der Waals surface area contributed by atoms with E-state index in [1.54, 1.807) is 25.1 Å². The van der Waals surface area contributed by atoms with Gasteiger partial charge in [-0.15, -0.1) is 10.2 Å². The first-order chi connectivity index (χ1) is 11.8. The number of hydrogen-bond acceptors (Lipinski definition) is 7. The smallest absolute Gasteiger partial charge is 0.250 e. The highest BCUT2D eigenvalue weighted by atomic mass is 35.5. The fraction of sp³-hybridized carbons (Fsp3) is 0.357. The zero-order valence-electron chi connectivity index (χ0n) is 13.8. The summed E-state index contributed by atoms with van der Waals surface area (Å²) in [6.45, 7) is 1.74. The van der Waals surface area contributed by atoms with Gasteiger partial charge in [-0.2, -0.15) is 0 Å². The topological polar surface area (TPSA) is 92.3 Å². The quantitative estimate of drug-likeness (QED) is 0.546. The largest absolute Gasteiger partial charge is 0.299 e. The second kappa shape index (κ2) is 8.35. The molecule has 1 heterocycles. The molecule has 0 saturated heterocycles. The number of nitrogens with zero attached hydrogens (tertiary/aromatic N) is 3. The maximum absolute atomic E-state index is 12.7. The van der Waals surface area contributed by atoms with Crippen LogP contribution in [0.4, 0.5) is 10.8 Å². The highest BCUT2D eigenvalue weighted by molar-refractivity contribution is 8.00. The molecule has 0 saturated carbocycles. The summed E-state index contributed by atoms with van der Waals surface area (Å²) < 4.78 is 26.4. The van der Waals surface area contributed by atoms with Crippen LogP contribution in [0.5, 0.6) is 0 Å². The molecule has 1 atom stereocenters. The summed E-state index contributed by atoms with van der Waals surface area (Å²) in [5, 5.41) is 11.1. The van der Waals surface area contributed by atoms with Gasteiger partial charge in [0.25, 0.3) is 0 Å². The lowest BCUT2D eigenvalue weighted by Gasteiger charge is -2.29. The molecular formula is C14H17ClN4O3S3. The lowest BCUT2D eigenvalue weighted by Crippen LogP contribution is -2.47. The van der Waals surface area contributed by atoms with Gasteiger partial charge in [-0.05, 0) is 30.9 Å². The summed E-state index contributed by atoms with van der Waals surface area (Å²) in [4.78, 5) is 12.7. The zero-order chi connectivity index (χ0) is 18.6. The first-order valence-electron chi connectivity index (χ1n) is 7.19. The number of benzene rings is 1. The lowest BCUT2D eigenvalue weighted by atomic mass is 10.2. The Kier molecular flexibility index (Phi) is 6.66. The Labute approximate surface area is 159 Å². The van der Waals surface area contributed by atoms with Crippen molar-refractivity contribution in [3.05, 3.63) is 29.3 Å². The normalized spacial score (nSPS) is 12.6. The fourth-order valence-corrected chi connectivity index (χ4v) is 4.77. The number of hydrogen-bond donors (Lipinski definition) is 1. The predicted octanol–water partition coefficient (Wildman–Crippen LogP) is 3.10. The number of anilines is 2. The number of amides is 1. The molecule has 0 aliphatic rings. The summed E-state index contributed by atoms with van der Waals surface area (Å²) in [6, 6.07) is 5.44. The van der Waals surface area contributed by atoms with Gasteiger partial charge in [0.05, 0.1) is 11.9 Å². The molecule has 0 aliphatic carbocycles. The molecule has 1 aromatic heterocycles. The molecule has 1 unspecified atom stereocenters. The molecule has 7 nitrogen and oxygen atoms in total. The van der Waals surface area contributed by atoms with E-state index in [-0.39, 0.29) is 6.42 Å². The van der Waals surface area contributed by atoms with Crippen LogP contribution in [0.3, 0.4) is 0 Å². The maximum Gasteiger partial charge on any atom is 0.250 e. The van der Waals surface area contributed by atoms with E-state index in [9.17, 15) is 13.2 Å². The van der Waals surface area contributed by atoms with Crippen molar-refractivity contribution in [3.8, 4) is 0 Å². The summed E-state index contributed by atoms with van der Waals surface area (Å²) in [5.74, 6) is -0.475. The van der Waals surface area contributed by atoms with Gasteiger partial charge in [0.2, 0.25) is 21.1 Å². The third-order valence-electron chi connectivity index (χ3n) is 3.20. The highest BCUT2D eigenvalue weighted by Gasteiger charge is 2.32. The number of carbonyl (C=O) groups excluding carboxylic acids is 1. The Bertz CT molecular complexity index is 857. The van der Waals surface area contributed by atoms with Gasteiger partial charge in [0.1, 0.15) is 6.04 Å². The first kappa shape index (κ1) is 20.0. The molecule has 0 fully saturated rings. The number of carbonyl (C=O) groups is 1. The average molecular weight is 421 g/mol.